The number of hydrogen-bond acceptors (Lipinski definition) is 3. The Hall–Kier alpha value is -0.120. The molecule has 124 valence electrons. The van der Waals surface area contributed by atoms with E-state index in [1.807, 2.05) is 6.92 Å². The lowest BCUT2D eigenvalue weighted by molar-refractivity contribution is -0.0206. The fraction of sp³-hybridized carbons (Fsp3) is 1.00. The number of piperidine rings is 1. The van der Waals surface area contributed by atoms with Crippen molar-refractivity contribution in [2.24, 2.45) is 5.41 Å². The molecular weight excluding hydrogens is 260 g/mol. The molecule has 2 N–H and O–H groups in total. The lowest BCUT2D eigenvalue weighted by Crippen LogP contribution is -2.52. The van der Waals surface area contributed by atoms with Gasteiger partial charge in [0.1, 0.15) is 0 Å². The summed E-state index contributed by atoms with van der Waals surface area (Å²) < 4.78 is 0. The van der Waals surface area contributed by atoms with E-state index in [-0.39, 0.29) is 5.54 Å². The summed E-state index contributed by atoms with van der Waals surface area (Å²) in [6.07, 6.45) is 8.76. The van der Waals surface area contributed by atoms with Gasteiger partial charge in [-0.3, -0.25) is 0 Å². The first-order chi connectivity index (χ1) is 9.70. The Bertz CT molecular complexity index is 317. The Labute approximate surface area is 131 Å². The van der Waals surface area contributed by atoms with E-state index in [0.29, 0.717) is 5.41 Å². The summed E-state index contributed by atoms with van der Waals surface area (Å²) >= 11 is 0. The molecule has 0 aromatic heterocycles. The van der Waals surface area contributed by atoms with E-state index >= 15 is 0 Å². The maximum atomic E-state index is 10.1. The van der Waals surface area contributed by atoms with Gasteiger partial charge in [0.15, 0.2) is 0 Å². The van der Waals surface area contributed by atoms with Gasteiger partial charge in [-0.1, -0.05) is 19.3 Å². The fourth-order valence-electron chi connectivity index (χ4n) is 3.81. The molecule has 21 heavy (non-hydrogen) atoms. The molecule has 3 nitrogen and oxygen atoms in total. The van der Waals surface area contributed by atoms with Gasteiger partial charge in [-0.15, -0.1) is 0 Å². The summed E-state index contributed by atoms with van der Waals surface area (Å²) in [6.45, 7) is 13.3. The summed E-state index contributed by atoms with van der Waals surface area (Å²) in [7, 11) is 0. The third kappa shape index (κ3) is 5.54. The van der Waals surface area contributed by atoms with E-state index in [1.165, 1.54) is 38.6 Å². The fourth-order valence-corrected chi connectivity index (χ4v) is 3.81. The average Bonchev–Trinajstić information content (AvgIpc) is 2.40. The largest absolute Gasteiger partial charge is 0.390 e. The van der Waals surface area contributed by atoms with Gasteiger partial charge in [-0.05, 0) is 58.8 Å². The Morgan fingerprint density at radius 1 is 1.00 bits per heavy atom. The van der Waals surface area contributed by atoms with Crippen LogP contribution < -0.4 is 5.32 Å². The molecule has 0 bridgehead atoms. The molecule has 1 saturated carbocycles. The summed E-state index contributed by atoms with van der Waals surface area (Å²) in [5.74, 6) is 0. The minimum atomic E-state index is -0.431. The molecule has 2 fully saturated rings. The van der Waals surface area contributed by atoms with E-state index in [1.54, 1.807) is 0 Å². The van der Waals surface area contributed by atoms with Gasteiger partial charge in [0, 0.05) is 31.7 Å². The minimum absolute atomic E-state index is 0.204. The molecule has 2 aliphatic rings. The molecule has 0 unspecified atom stereocenters. The van der Waals surface area contributed by atoms with Crippen molar-refractivity contribution in [2.45, 2.75) is 83.8 Å². The van der Waals surface area contributed by atoms with Crippen molar-refractivity contribution < 1.29 is 5.11 Å². The van der Waals surface area contributed by atoms with E-state index in [2.05, 4.69) is 31.0 Å². The standard InChI is InChI=1S/C18H36N2O/c1-16(2,3)19-14-18(8-6-5-7-9-18)15-20-12-10-17(4,21)11-13-20/h19,21H,5-15H2,1-4H3. The maximum absolute atomic E-state index is 10.1. The number of rotatable bonds is 4. The smallest absolute Gasteiger partial charge is 0.0644 e. The van der Waals surface area contributed by atoms with E-state index in [9.17, 15) is 5.11 Å². The van der Waals surface area contributed by atoms with Crippen LogP contribution in [-0.2, 0) is 0 Å². The van der Waals surface area contributed by atoms with Crippen molar-refractivity contribution >= 4 is 0 Å². The molecule has 0 radical (unpaired) electrons. The highest BCUT2D eigenvalue weighted by Crippen LogP contribution is 2.38. The van der Waals surface area contributed by atoms with Crippen LogP contribution in [0, 0.1) is 5.41 Å². The van der Waals surface area contributed by atoms with Gasteiger partial charge >= 0.3 is 0 Å². The van der Waals surface area contributed by atoms with Crippen molar-refractivity contribution in [3.05, 3.63) is 0 Å². The zero-order valence-electron chi connectivity index (χ0n) is 14.7. The topological polar surface area (TPSA) is 35.5 Å². The minimum Gasteiger partial charge on any atom is -0.390 e. The molecule has 0 atom stereocenters. The van der Waals surface area contributed by atoms with E-state index in [4.69, 9.17) is 0 Å². The first-order valence-corrected chi connectivity index (χ1v) is 8.90. The molecule has 1 saturated heterocycles. The summed E-state index contributed by atoms with van der Waals surface area (Å²) in [4.78, 5) is 2.60. The van der Waals surface area contributed by atoms with Crippen LogP contribution in [-0.4, -0.2) is 47.3 Å². The number of hydrogen-bond donors (Lipinski definition) is 2. The molecule has 1 aliphatic carbocycles. The Morgan fingerprint density at radius 3 is 2.10 bits per heavy atom. The number of aliphatic hydroxyl groups is 1. The molecule has 0 spiro atoms. The normalized spacial score (nSPS) is 26.7. The molecule has 0 aromatic carbocycles. The van der Waals surface area contributed by atoms with Gasteiger partial charge in [0.25, 0.3) is 0 Å². The first kappa shape index (κ1) is 17.2. The van der Waals surface area contributed by atoms with Crippen LogP contribution in [0.15, 0.2) is 0 Å². The molecule has 1 heterocycles. The lowest BCUT2D eigenvalue weighted by Gasteiger charge is -2.45. The van der Waals surface area contributed by atoms with Gasteiger partial charge in [0.05, 0.1) is 5.60 Å². The van der Waals surface area contributed by atoms with Gasteiger partial charge in [0.2, 0.25) is 0 Å². The Morgan fingerprint density at radius 2 is 1.57 bits per heavy atom. The van der Waals surface area contributed by atoms with Crippen LogP contribution in [0.1, 0.15) is 72.6 Å². The zero-order valence-corrected chi connectivity index (χ0v) is 14.7. The summed E-state index contributed by atoms with van der Waals surface area (Å²) in [5, 5.41) is 13.9. The Balaban J connectivity index is 1.93. The van der Waals surface area contributed by atoms with Gasteiger partial charge in [-0.25, -0.2) is 0 Å². The van der Waals surface area contributed by atoms with Crippen LogP contribution in [0.25, 0.3) is 0 Å². The maximum Gasteiger partial charge on any atom is 0.0644 e. The van der Waals surface area contributed by atoms with E-state index < -0.39 is 5.60 Å². The van der Waals surface area contributed by atoms with Crippen molar-refractivity contribution in [1.29, 1.82) is 0 Å². The zero-order chi connectivity index (χ0) is 15.6. The predicted molar refractivity (Wildman–Crippen MR) is 89.6 cm³/mol. The third-order valence-corrected chi connectivity index (χ3v) is 5.40. The van der Waals surface area contributed by atoms with Crippen molar-refractivity contribution in [1.82, 2.24) is 10.2 Å². The van der Waals surface area contributed by atoms with Gasteiger partial charge < -0.3 is 15.3 Å². The molecule has 0 aromatic rings. The third-order valence-electron chi connectivity index (χ3n) is 5.40. The highest BCUT2D eigenvalue weighted by Gasteiger charge is 2.37. The first-order valence-electron chi connectivity index (χ1n) is 8.90. The SMILES string of the molecule is CC1(O)CCN(CC2(CNC(C)(C)C)CCCCC2)CC1. The van der Waals surface area contributed by atoms with Crippen LogP contribution >= 0.6 is 0 Å². The average molecular weight is 296 g/mol. The second-order valence-electron chi connectivity index (χ2n) is 8.94. The molecule has 0 amide bonds. The van der Waals surface area contributed by atoms with Crippen LogP contribution in [0.2, 0.25) is 0 Å². The molecule has 2 rings (SSSR count). The highest BCUT2D eigenvalue weighted by molar-refractivity contribution is 4.92. The Kier molecular flexibility index (Phi) is 5.38. The van der Waals surface area contributed by atoms with Gasteiger partial charge in [-0.2, -0.15) is 0 Å². The van der Waals surface area contributed by atoms with Crippen LogP contribution in [0.3, 0.4) is 0 Å². The lowest BCUT2D eigenvalue weighted by atomic mass is 9.72. The number of nitrogens with one attached hydrogen (secondary N) is 1. The summed E-state index contributed by atoms with van der Waals surface area (Å²) in [5.41, 5.74) is 0.227. The monoisotopic (exact) mass is 296 g/mol. The van der Waals surface area contributed by atoms with E-state index in [0.717, 1.165) is 32.5 Å². The van der Waals surface area contributed by atoms with Crippen LogP contribution in [0.5, 0.6) is 0 Å². The number of likely N-dealkylation sites (tertiary alicyclic amines) is 1. The number of nitrogens with zero attached hydrogens (tertiary/aromatic N) is 1. The predicted octanol–water partition coefficient (Wildman–Crippen LogP) is 3.17. The molecule has 3 heteroatoms. The highest BCUT2D eigenvalue weighted by atomic mass is 16.3. The summed E-state index contributed by atoms with van der Waals surface area (Å²) in [6, 6.07) is 0. The van der Waals surface area contributed by atoms with Crippen LogP contribution in [0.4, 0.5) is 0 Å². The van der Waals surface area contributed by atoms with Crippen molar-refractivity contribution in [2.75, 3.05) is 26.2 Å². The quantitative estimate of drug-likeness (QED) is 0.836. The van der Waals surface area contributed by atoms with Crippen molar-refractivity contribution in [3.8, 4) is 0 Å². The second kappa shape index (κ2) is 6.55. The molecular formula is C18H36N2O. The molecule has 1 aliphatic heterocycles. The van der Waals surface area contributed by atoms with Crippen molar-refractivity contribution in [3.63, 3.8) is 0 Å². The second-order valence-corrected chi connectivity index (χ2v) is 8.94.